The molecule has 1 saturated heterocycles. The summed E-state index contributed by atoms with van der Waals surface area (Å²) in [6, 6.07) is 13.1. The second kappa shape index (κ2) is 9.50. The van der Waals surface area contributed by atoms with Gasteiger partial charge in [0.15, 0.2) is 0 Å². The Bertz CT molecular complexity index is 1160. The zero-order chi connectivity index (χ0) is 24.5. The quantitative estimate of drug-likeness (QED) is 0.569. The molecule has 0 saturated carbocycles. The SMILES string of the molecule is CC(C)NC(=O)c1cccc(-c2cc(-c3ccc(N4CCN(C)CC4)c(C(F)(F)F)c3)[nH]n2)c1. The maximum atomic E-state index is 14.0. The van der Waals surface area contributed by atoms with E-state index in [-0.39, 0.29) is 17.6 Å². The molecule has 0 radical (unpaired) electrons. The van der Waals surface area contributed by atoms with Crippen molar-refractivity contribution in [2.75, 3.05) is 38.1 Å². The number of aromatic nitrogens is 2. The van der Waals surface area contributed by atoms with E-state index in [4.69, 9.17) is 0 Å². The Kier molecular flexibility index (Phi) is 6.65. The number of piperazine rings is 1. The molecule has 1 aliphatic rings. The molecule has 6 nitrogen and oxygen atoms in total. The van der Waals surface area contributed by atoms with Crippen molar-refractivity contribution < 1.29 is 18.0 Å². The van der Waals surface area contributed by atoms with E-state index in [0.29, 0.717) is 41.2 Å². The van der Waals surface area contributed by atoms with Gasteiger partial charge in [0.25, 0.3) is 5.91 Å². The van der Waals surface area contributed by atoms with Crippen LogP contribution in [0.15, 0.2) is 48.5 Å². The number of benzene rings is 2. The van der Waals surface area contributed by atoms with Crippen molar-refractivity contribution in [1.29, 1.82) is 0 Å². The smallest absolute Gasteiger partial charge is 0.368 e. The first kappa shape index (κ1) is 23.8. The summed E-state index contributed by atoms with van der Waals surface area (Å²) in [6.45, 7) is 6.30. The fraction of sp³-hybridized carbons (Fsp3) is 0.360. The first-order valence-corrected chi connectivity index (χ1v) is 11.2. The van der Waals surface area contributed by atoms with Crippen LogP contribution in [0.4, 0.5) is 18.9 Å². The molecule has 2 N–H and O–H groups in total. The number of nitrogens with zero attached hydrogens (tertiary/aromatic N) is 3. The molecule has 180 valence electrons. The number of alkyl halides is 3. The number of carbonyl (C=O) groups excluding carboxylic acids is 1. The summed E-state index contributed by atoms with van der Waals surface area (Å²) in [5.41, 5.74) is 2.16. The fourth-order valence-corrected chi connectivity index (χ4v) is 4.04. The number of H-pyrrole nitrogens is 1. The molecule has 2 aromatic carbocycles. The average Bonchev–Trinajstić information content (AvgIpc) is 3.29. The van der Waals surface area contributed by atoms with E-state index >= 15 is 0 Å². The van der Waals surface area contributed by atoms with Gasteiger partial charge in [-0.3, -0.25) is 9.89 Å². The van der Waals surface area contributed by atoms with Gasteiger partial charge in [-0.05, 0) is 51.2 Å². The molecule has 0 unspecified atom stereocenters. The van der Waals surface area contributed by atoms with Crippen LogP contribution in [-0.4, -0.2) is 60.3 Å². The number of hydrogen-bond donors (Lipinski definition) is 2. The van der Waals surface area contributed by atoms with E-state index in [2.05, 4.69) is 20.4 Å². The highest BCUT2D eigenvalue weighted by atomic mass is 19.4. The lowest BCUT2D eigenvalue weighted by molar-refractivity contribution is -0.137. The molecule has 0 atom stereocenters. The van der Waals surface area contributed by atoms with Crippen molar-refractivity contribution in [2.45, 2.75) is 26.1 Å². The molecule has 1 amide bonds. The molecule has 1 aromatic heterocycles. The zero-order valence-corrected chi connectivity index (χ0v) is 19.4. The minimum absolute atomic E-state index is 0.00443. The summed E-state index contributed by atoms with van der Waals surface area (Å²) in [7, 11) is 1.97. The van der Waals surface area contributed by atoms with E-state index < -0.39 is 11.7 Å². The molecular formula is C25H28F3N5O. The van der Waals surface area contributed by atoms with Crippen molar-refractivity contribution >= 4 is 11.6 Å². The summed E-state index contributed by atoms with van der Waals surface area (Å²) in [5, 5.41) is 9.97. The largest absolute Gasteiger partial charge is 0.418 e. The van der Waals surface area contributed by atoms with Crippen LogP contribution < -0.4 is 10.2 Å². The second-order valence-corrected chi connectivity index (χ2v) is 8.90. The monoisotopic (exact) mass is 471 g/mol. The van der Waals surface area contributed by atoms with E-state index in [0.717, 1.165) is 13.1 Å². The number of rotatable bonds is 5. The zero-order valence-electron chi connectivity index (χ0n) is 19.4. The Hall–Kier alpha value is -3.33. The molecule has 2 heterocycles. The first-order valence-electron chi connectivity index (χ1n) is 11.2. The van der Waals surface area contributed by atoms with Crippen LogP contribution in [0.3, 0.4) is 0 Å². The van der Waals surface area contributed by atoms with Crippen LogP contribution in [0.2, 0.25) is 0 Å². The van der Waals surface area contributed by atoms with Crippen LogP contribution in [0.25, 0.3) is 22.5 Å². The Morgan fingerprint density at radius 3 is 2.44 bits per heavy atom. The minimum Gasteiger partial charge on any atom is -0.368 e. The van der Waals surface area contributed by atoms with E-state index in [1.54, 1.807) is 41.3 Å². The molecular weight excluding hydrogens is 443 g/mol. The maximum absolute atomic E-state index is 14.0. The van der Waals surface area contributed by atoms with Gasteiger partial charge in [-0.15, -0.1) is 0 Å². The topological polar surface area (TPSA) is 64.3 Å². The Balaban J connectivity index is 1.63. The summed E-state index contributed by atoms with van der Waals surface area (Å²) >= 11 is 0. The Labute approximate surface area is 196 Å². The number of nitrogens with one attached hydrogen (secondary N) is 2. The number of carbonyl (C=O) groups is 1. The lowest BCUT2D eigenvalue weighted by Crippen LogP contribution is -2.45. The molecule has 4 rings (SSSR count). The van der Waals surface area contributed by atoms with Gasteiger partial charge in [0.1, 0.15) is 0 Å². The molecule has 0 spiro atoms. The lowest BCUT2D eigenvalue weighted by Gasteiger charge is -2.35. The third-order valence-electron chi connectivity index (χ3n) is 5.88. The van der Waals surface area contributed by atoms with Crippen molar-refractivity contribution in [1.82, 2.24) is 20.4 Å². The van der Waals surface area contributed by atoms with Gasteiger partial charge in [-0.25, -0.2) is 0 Å². The van der Waals surface area contributed by atoms with Crippen LogP contribution >= 0.6 is 0 Å². The van der Waals surface area contributed by atoms with Crippen molar-refractivity contribution in [3.63, 3.8) is 0 Å². The molecule has 3 aromatic rings. The van der Waals surface area contributed by atoms with E-state index in [1.807, 2.05) is 27.0 Å². The van der Waals surface area contributed by atoms with Crippen LogP contribution in [0.1, 0.15) is 29.8 Å². The van der Waals surface area contributed by atoms with Crippen LogP contribution in [0.5, 0.6) is 0 Å². The Morgan fingerprint density at radius 1 is 1.03 bits per heavy atom. The Morgan fingerprint density at radius 2 is 1.76 bits per heavy atom. The summed E-state index contributed by atoms with van der Waals surface area (Å²) in [4.78, 5) is 16.2. The molecule has 9 heteroatoms. The van der Waals surface area contributed by atoms with E-state index in [9.17, 15) is 18.0 Å². The van der Waals surface area contributed by atoms with Crippen molar-refractivity contribution in [2.24, 2.45) is 0 Å². The first-order chi connectivity index (χ1) is 16.1. The summed E-state index contributed by atoms with van der Waals surface area (Å²) in [5.74, 6) is -0.193. The van der Waals surface area contributed by atoms with Gasteiger partial charge < -0.3 is 15.1 Å². The fourth-order valence-electron chi connectivity index (χ4n) is 4.04. The third kappa shape index (κ3) is 5.25. The van der Waals surface area contributed by atoms with Crippen LogP contribution in [-0.2, 0) is 6.18 Å². The molecule has 1 aliphatic heterocycles. The summed E-state index contributed by atoms with van der Waals surface area (Å²) < 4.78 is 41.9. The van der Waals surface area contributed by atoms with Crippen LogP contribution in [0, 0.1) is 0 Å². The van der Waals surface area contributed by atoms with Gasteiger partial charge >= 0.3 is 6.18 Å². The van der Waals surface area contributed by atoms with Gasteiger partial charge in [-0.1, -0.05) is 18.2 Å². The predicted octanol–water partition coefficient (Wildman–Crippen LogP) is 4.65. The number of anilines is 1. The highest BCUT2D eigenvalue weighted by molar-refractivity contribution is 5.95. The second-order valence-electron chi connectivity index (χ2n) is 8.90. The third-order valence-corrected chi connectivity index (χ3v) is 5.88. The number of likely N-dealkylation sites (N-methyl/N-ethyl adjacent to an activating group) is 1. The highest BCUT2D eigenvalue weighted by Crippen LogP contribution is 2.39. The molecule has 34 heavy (non-hydrogen) atoms. The van der Waals surface area contributed by atoms with Gasteiger partial charge in [0.05, 0.1) is 17.0 Å². The van der Waals surface area contributed by atoms with Crippen molar-refractivity contribution in [3.05, 3.63) is 59.7 Å². The predicted molar refractivity (Wildman–Crippen MR) is 127 cm³/mol. The molecule has 1 fully saturated rings. The standard InChI is InChI=1S/C25H28F3N5O/c1-16(2)29-24(34)19-6-4-5-17(13-19)21-15-22(31-30-21)18-7-8-23(20(14-18)25(26,27)28)33-11-9-32(3)10-12-33/h4-8,13-16H,9-12H2,1-3H3,(H,29,34)(H,30,31). The summed E-state index contributed by atoms with van der Waals surface area (Å²) in [6.07, 6.45) is -4.48. The molecule has 0 bridgehead atoms. The number of halogens is 3. The lowest BCUT2D eigenvalue weighted by atomic mass is 10.0. The maximum Gasteiger partial charge on any atom is 0.418 e. The highest BCUT2D eigenvalue weighted by Gasteiger charge is 2.36. The average molecular weight is 472 g/mol. The van der Waals surface area contributed by atoms with Gasteiger partial charge in [0, 0.05) is 54.6 Å². The number of amides is 1. The minimum atomic E-state index is -4.48. The number of hydrogen-bond acceptors (Lipinski definition) is 4. The van der Waals surface area contributed by atoms with Crippen molar-refractivity contribution in [3.8, 4) is 22.5 Å². The number of aromatic amines is 1. The molecule has 0 aliphatic carbocycles. The van der Waals surface area contributed by atoms with Gasteiger partial charge in [-0.2, -0.15) is 18.3 Å². The normalized spacial score (nSPS) is 15.1. The van der Waals surface area contributed by atoms with E-state index in [1.165, 1.54) is 6.07 Å². The van der Waals surface area contributed by atoms with Gasteiger partial charge in [0.2, 0.25) is 0 Å².